The number of hydrogen-bond donors (Lipinski definition) is 1. The molecule has 0 radical (unpaired) electrons. The molecule has 0 atom stereocenters. The number of pyridine rings is 1. The molecule has 1 saturated carbocycles. The highest BCUT2D eigenvalue weighted by Gasteiger charge is 2.33. The Balaban J connectivity index is 1.68. The zero-order valence-corrected chi connectivity index (χ0v) is 11.9. The van der Waals surface area contributed by atoms with Crippen molar-refractivity contribution in [2.24, 2.45) is 0 Å². The van der Waals surface area contributed by atoms with Crippen LogP contribution in [-0.2, 0) is 4.79 Å². The Hall–Kier alpha value is -2.11. The van der Waals surface area contributed by atoms with E-state index in [0.717, 1.165) is 12.8 Å². The number of nitrogens with one attached hydrogen (secondary N) is 1. The molecule has 1 aromatic rings. The number of carbonyl (C=O) groups is 2. The van der Waals surface area contributed by atoms with E-state index in [1.807, 2.05) is 4.90 Å². The molecule has 112 valence electrons. The van der Waals surface area contributed by atoms with Gasteiger partial charge in [0.05, 0.1) is 0 Å². The van der Waals surface area contributed by atoms with Crippen LogP contribution in [0.15, 0.2) is 23.0 Å². The third-order valence-electron chi connectivity index (χ3n) is 4.31. The van der Waals surface area contributed by atoms with Gasteiger partial charge in [-0.3, -0.25) is 14.4 Å². The first-order valence-electron chi connectivity index (χ1n) is 7.43. The maximum Gasteiger partial charge on any atom is 0.270 e. The minimum Gasteiger partial charge on any atom is -0.336 e. The average molecular weight is 289 g/mol. The number of aromatic amines is 1. The van der Waals surface area contributed by atoms with Gasteiger partial charge in [0.1, 0.15) is 12.2 Å². The maximum atomic E-state index is 12.3. The van der Waals surface area contributed by atoms with Crippen molar-refractivity contribution in [2.45, 2.75) is 31.7 Å². The summed E-state index contributed by atoms with van der Waals surface area (Å²) in [7, 11) is 0. The second-order valence-corrected chi connectivity index (χ2v) is 5.68. The first-order chi connectivity index (χ1) is 10.1. The molecule has 1 N–H and O–H groups in total. The van der Waals surface area contributed by atoms with Gasteiger partial charge >= 0.3 is 0 Å². The van der Waals surface area contributed by atoms with Crippen molar-refractivity contribution in [3.63, 3.8) is 0 Å². The number of carbonyl (C=O) groups excluding carboxylic acids is 2. The Morgan fingerprint density at radius 1 is 1.14 bits per heavy atom. The molecule has 1 saturated heterocycles. The third kappa shape index (κ3) is 2.84. The van der Waals surface area contributed by atoms with Crippen molar-refractivity contribution in [2.75, 3.05) is 19.6 Å². The van der Waals surface area contributed by atoms with Crippen LogP contribution in [0.5, 0.6) is 0 Å². The minimum atomic E-state index is -0.309. The van der Waals surface area contributed by atoms with Crippen LogP contribution in [0.3, 0.4) is 0 Å². The van der Waals surface area contributed by atoms with Gasteiger partial charge in [-0.2, -0.15) is 0 Å². The molecule has 6 heteroatoms. The van der Waals surface area contributed by atoms with E-state index < -0.39 is 0 Å². The van der Waals surface area contributed by atoms with E-state index in [1.165, 1.54) is 23.8 Å². The van der Waals surface area contributed by atoms with Gasteiger partial charge in [0.2, 0.25) is 11.5 Å². The molecule has 1 aromatic heterocycles. The molecule has 21 heavy (non-hydrogen) atoms. The Morgan fingerprint density at radius 3 is 2.57 bits per heavy atom. The summed E-state index contributed by atoms with van der Waals surface area (Å²) >= 11 is 0. The van der Waals surface area contributed by atoms with Gasteiger partial charge in [-0.15, -0.1) is 0 Å². The standard InChI is InChI=1S/C15H19N3O3/c19-13-7-3-6-12(16-13)15(21)17-8-9-18(14(20)10-17)11-4-1-2-5-11/h3,6-7,11H,1-2,4-5,8-10H2,(H,16,19). The van der Waals surface area contributed by atoms with Crippen molar-refractivity contribution < 1.29 is 9.59 Å². The lowest BCUT2D eigenvalue weighted by atomic mass is 10.1. The highest BCUT2D eigenvalue weighted by molar-refractivity contribution is 5.95. The summed E-state index contributed by atoms with van der Waals surface area (Å²) < 4.78 is 0. The van der Waals surface area contributed by atoms with Crippen LogP contribution < -0.4 is 5.56 Å². The Labute approximate surface area is 122 Å². The second kappa shape index (κ2) is 5.71. The largest absolute Gasteiger partial charge is 0.336 e. The molecule has 1 aliphatic carbocycles. The van der Waals surface area contributed by atoms with E-state index in [4.69, 9.17) is 0 Å². The van der Waals surface area contributed by atoms with Gasteiger partial charge in [-0.25, -0.2) is 0 Å². The predicted octanol–water partition coefficient (Wildman–Crippen LogP) is 0.602. The topological polar surface area (TPSA) is 73.5 Å². The van der Waals surface area contributed by atoms with E-state index in [1.54, 1.807) is 12.1 Å². The number of aromatic nitrogens is 1. The molecule has 6 nitrogen and oxygen atoms in total. The average Bonchev–Trinajstić information content (AvgIpc) is 3.00. The fraction of sp³-hybridized carbons (Fsp3) is 0.533. The van der Waals surface area contributed by atoms with Crippen molar-refractivity contribution in [3.05, 3.63) is 34.2 Å². The predicted molar refractivity (Wildman–Crippen MR) is 76.9 cm³/mol. The Kier molecular flexibility index (Phi) is 3.77. The van der Waals surface area contributed by atoms with Crippen LogP contribution >= 0.6 is 0 Å². The van der Waals surface area contributed by atoms with Crippen LogP contribution in [-0.4, -0.2) is 52.3 Å². The highest BCUT2D eigenvalue weighted by Crippen LogP contribution is 2.25. The number of hydrogen-bond acceptors (Lipinski definition) is 3. The van der Waals surface area contributed by atoms with Crippen LogP contribution in [0.1, 0.15) is 36.2 Å². The molecule has 3 rings (SSSR count). The van der Waals surface area contributed by atoms with Gasteiger partial charge in [0.25, 0.3) is 5.91 Å². The molecule has 2 aliphatic rings. The molecule has 1 aliphatic heterocycles. The van der Waals surface area contributed by atoms with E-state index in [9.17, 15) is 14.4 Å². The van der Waals surface area contributed by atoms with E-state index in [2.05, 4.69) is 4.98 Å². The van der Waals surface area contributed by atoms with Gasteiger partial charge in [0.15, 0.2) is 0 Å². The molecule has 0 unspecified atom stereocenters. The van der Waals surface area contributed by atoms with Crippen molar-refractivity contribution >= 4 is 11.8 Å². The van der Waals surface area contributed by atoms with E-state index >= 15 is 0 Å². The Bertz CT molecular complexity index is 604. The SMILES string of the molecule is O=C(c1cccc(=O)[nH]1)N1CCN(C2CCCC2)C(=O)C1. The maximum absolute atomic E-state index is 12.3. The molecule has 0 aromatic carbocycles. The molecule has 0 spiro atoms. The lowest BCUT2D eigenvalue weighted by molar-refractivity contribution is -0.137. The number of piperazine rings is 1. The summed E-state index contributed by atoms with van der Waals surface area (Å²) in [5.74, 6) is -0.271. The fourth-order valence-corrected chi connectivity index (χ4v) is 3.20. The fourth-order valence-electron chi connectivity index (χ4n) is 3.20. The van der Waals surface area contributed by atoms with E-state index in [-0.39, 0.29) is 29.6 Å². The molecule has 2 heterocycles. The van der Waals surface area contributed by atoms with Crippen LogP contribution in [0.4, 0.5) is 0 Å². The molecular weight excluding hydrogens is 270 g/mol. The molecular formula is C15H19N3O3. The molecule has 2 amide bonds. The number of rotatable bonds is 2. The van der Waals surface area contributed by atoms with Crippen LogP contribution in [0, 0.1) is 0 Å². The lowest BCUT2D eigenvalue weighted by Crippen LogP contribution is -2.55. The van der Waals surface area contributed by atoms with Crippen LogP contribution in [0.2, 0.25) is 0 Å². The van der Waals surface area contributed by atoms with Gasteiger partial charge in [-0.1, -0.05) is 18.9 Å². The smallest absolute Gasteiger partial charge is 0.270 e. The van der Waals surface area contributed by atoms with Crippen LogP contribution in [0.25, 0.3) is 0 Å². The summed E-state index contributed by atoms with van der Waals surface area (Å²) in [4.78, 5) is 41.8. The number of amides is 2. The first-order valence-corrected chi connectivity index (χ1v) is 7.43. The zero-order chi connectivity index (χ0) is 14.8. The first kappa shape index (κ1) is 13.9. The molecule has 0 bridgehead atoms. The molecule has 2 fully saturated rings. The van der Waals surface area contributed by atoms with Crippen molar-refractivity contribution in [1.29, 1.82) is 0 Å². The van der Waals surface area contributed by atoms with Gasteiger partial charge < -0.3 is 14.8 Å². The quantitative estimate of drug-likeness (QED) is 0.866. The van der Waals surface area contributed by atoms with E-state index in [0.29, 0.717) is 19.1 Å². The summed E-state index contributed by atoms with van der Waals surface area (Å²) in [6.45, 7) is 1.22. The monoisotopic (exact) mass is 289 g/mol. The minimum absolute atomic E-state index is 0.0137. The summed E-state index contributed by atoms with van der Waals surface area (Å²) in [6, 6.07) is 4.83. The zero-order valence-electron chi connectivity index (χ0n) is 11.9. The third-order valence-corrected chi connectivity index (χ3v) is 4.31. The Morgan fingerprint density at radius 2 is 1.90 bits per heavy atom. The lowest BCUT2D eigenvalue weighted by Gasteiger charge is -2.37. The summed E-state index contributed by atoms with van der Waals surface area (Å²) in [6.07, 6.45) is 4.52. The number of H-pyrrole nitrogens is 1. The second-order valence-electron chi connectivity index (χ2n) is 5.68. The number of nitrogens with zero attached hydrogens (tertiary/aromatic N) is 2. The van der Waals surface area contributed by atoms with Gasteiger partial charge in [-0.05, 0) is 18.9 Å². The summed E-state index contributed by atoms with van der Waals surface area (Å²) in [5, 5.41) is 0. The van der Waals surface area contributed by atoms with Gasteiger partial charge in [0, 0.05) is 25.2 Å². The summed E-state index contributed by atoms with van der Waals surface area (Å²) in [5.41, 5.74) is -0.0682. The highest BCUT2D eigenvalue weighted by atomic mass is 16.2. The van der Waals surface area contributed by atoms with Crippen molar-refractivity contribution in [3.8, 4) is 0 Å². The normalized spacial score (nSPS) is 20.1. The van der Waals surface area contributed by atoms with Crippen molar-refractivity contribution in [1.82, 2.24) is 14.8 Å².